The largest absolute Gasteiger partial charge is 0.358 e. The van der Waals surface area contributed by atoms with Crippen LogP contribution in [0.1, 0.15) is 28.8 Å². The Morgan fingerprint density at radius 1 is 1.33 bits per heavy atom. The molecule has 0 radical (unpaired) electrons. The summed E-state index contributed by atoms with van der Waals surface area (Å²) in [6.07, 6.45) is 1.89. The Morgan fingerprint density at radius 3 is 3.07 bits per heavy atom. The van der Waals surface area contributed by atoms with Crippen LogP contribution in [0.5, 0.6) is 0 Å². The summed E-state index contributed by atoms with van der Waals surface area (Å²) in [5, 5.41) is 6.40. The molecule has 3 heterocycles. The van der Waals surface area contributed by atoms with E-state index in [1.165, 1.54) is 11.3 Å². The number of amides is 2. The van der Waals surface area contributed by atoms with Crippen LogP contribution in [0.25, 0.3) is 10.2 Å². The van der Waals surface area contributed by atoms with E-state index >= 15 is 0 Å². The fourth-order valence-electron chi connectivity index (χ4n) is 3.88. The molecule has 3 aromatic rings. The first kappa shape index (κ1) is 16.3. The van der Waals surface area contributed by atoms with Crippen molar-refractivity contribution in [2.45, 2.75) is 25.8 Å². The molecule has 2 aliphatic heterocycles. The Bertz CT molecular complexity index is 1090. The molecule has 136 valence electrons. The topological polar surface area (TPSA) is 74.3 Å². The highest BCUT2D eigenvalue weighted by Crippen LogP contribution is 2.37. The van der Waals surface area contributed by atoms with E-state index < -0.39 is 0 Å². The number of nitrogens with zero attached hydrogens (tertiary/aromatic N) is 2. The second-order valence-corrected chi connectivity index (χ2v) is 8.00. The molecule has 0 unspecified atom stereocenters. The van der Waals surface area contributed by atoms with E-state index in [0.29, 0.717) is 16.4 Å². The number of rotatable bonds is 2. The second-order valence-electron chi connectivity index (χ2n) is 6.97. The summed E-state index contributed by atoms with van der Waals surface area (Å²) in [4.78, 5) is 31.6. The van der Waals surface area contributed by atoms with E-state index in [-0.39, 0.29) is 17.9 Å². The second kappa shape index (κ2) is 6.06. The molecule has 2 aliphatic rings. The van der Waals surface area contributed by atoms with Gasteiger partial charge < -0.3 is 10.2 Å². The standard InChI is InChI=1S/C20H18N4O2S/c1-11-4-2-6-16-17(11)22-20(27-16)23-18(25)12-7-8-14-13(10-12)21-19(26)15-5-3-9-24(14)15/h2,4,6-8,10,15H,3,5,9H2,1H3,(H,21,26)(H,22,23,25)/t15-/m1/s1. The number of anilines is 3. The van der Waals surface area contributed by atoms with E-state index in [1.54, 1.807) is 12.1 Å². The molecule has 1 saturated heterocycles. The molecule has 1 fully saturated rings. The van der Waals surface area contributed by atoms with Gasteiger partial charge in [0.05, 0.1) is 21.6 Å². The zero-order chi connectivity index (χ0) is 18.5. The lowest BCUT2D eigenvalue weighted by Crippen LogP contribution is -2.43. The van der Waals surface area contributed by atoms with Gasteiger partial charge in [0.15, 0.2) is 5.13 Å². The molecule has 2 N–H and O–H groups in total. The number of carbonyl (C=O) groups excluding carboxylic acids is 2. The third-order valence-electron chi connectivity index (χ3n) is 5.22. The molecule has 0 saturated carbocycles. The highest BCUT2D eigenvalue weighted by atomic mass is 32.1. The van der Waals surface area contributed by atoms with E-state index in [1.807, 2.05) is 31.2 Å². The zero-order valence-corrected chi connectivity index (χ0v) is 15.6. The van der Waals surface area contributed by atoms with Gasteiger partial charge in [-0.3, -0.25) is 14.9 Å². The third-order valence-corrected chi connectivity index (χ3v) is 6.16. The minimum absolute atomic E-state index is 0.0132. The lowest BCUT2D eigenvalue weighted by Gasteiger charge is -2.33. The summed E-state index contributed by atoms with van der Waals surface area (Å²) in [6.45, 7) is 2.88. The number of carbonyl (C=O) groups is 2. The Hall–Kier alpha value is -2.93. The molecule has 0 spiro atoms. The first-order valence-electron chi connectivity index (χ1n) is 8.99. The summed E-state index contributed by atoms with van der Waals surface area (Å²) in [6, 6.07) is 11.4. The number of hydrogen-bond acceptors (Lipinski definition) is 5. The number of aryl methyl sites for hydroxylation is 1. The highest BCUT2D eigenvalue weighted by molar-refractivity contribution is 7.22. The van der Waals surface area contributed by atoms with Crippen LogP contribution in [-0.4, -0.2) is 29.4 Å². The van der Waals surface area contributed by atoms with Crippen molar-refractivity contribution in [3.05, 3.63) is 47.5 Å². The van der Waals surface area contributed by atoms with Gasteiger partial charge in [0.25, 0.3) is 5.91 Å². The molecule has 2 aromatic carbocycles. The molecule has 2 amide bonds. The Balaban J connectivity index is 1.43. The summed E-state index contributed by atoms with van der Waals surface area (Å²) < 4.78 is 1.04. The predicted molar refractivity (Wildman–Crippen MR) is 108 cm³/mol. The lowest BCUT2D eigenvalue weighted by atomic mass is 10.1. The number of thiazole rings is 1. The van der Waals surface area contributed by atoms with Gasteiger partial charge in [-0.1, -0.05) is 23.5 Å². The number of benzene rings is 2. The van der Waals surface area contributed by atoms with Gasteiger partial charge in [-0.25, -0.2) is 4.98 Å². The van der Waals surface area contributed by atoms with Crippen LogP contribution in [0.4, 0.5) is 16.5 Å². The third kappa shape index (κ3) is 2.66. The maximum absolute atomic E-state index is 12.7. The molecule has 0 aliphatic carbocycles. The Labute approximate surface area is 160 Å². The van der Waals surface area contributed by atoms with Crippen LogP contribution in [-0.2, 0) is 4.79 Å². The number of aromatic nitrogens is 1. The summed E-state index contributed by atoms with van der Waals surface area (Å²) in [5.41, 5.74) is 4.19. The van der Waals surface area contributed by atoms with Gasteiger partial charge in [-0.15, -0.1) is 0 Å². The molecule has 1 atom stereocenters. The lowest BCUT2D eigenvalue weighted by molar-refractivity contribution is -0.117. The van der Waals surface area contributed by atoms with Gasteiger partial charge in [0.2, 0.25) is 5.91 Å². The predicted octanol–water partition coefficient (Wildman–Crippen LogP) is 3.78. The van der Waals surface area contributed by atoms with Crippen molar-refractivity contribution >= 4 is 49.9 Å². The van der Waals surface area contributed by atoms with E-state index in [2.05, 4.69) is 20.5 Å². The van der Waals surface area contributed by atoms with Crippen molar-refractivity contribution in [3.63, 3.8) is 0 Å². The van der Waals surface area contributed by atoms with Crippen molar-refractivity contribution in [2.24, 2.45) is 0 Å². The normalized spacial score (nSPS) is 18.2. The van der Waals surface area contributed by atoms with Crippen LogP contribution in [0.3, 0.4) is 0 Å². The molecule has 1 aromatic heterocycles. The van der Waals surface area contributed by atoms with Gasteiger partial charge in [-0.2, -0.15) is 0 Å². The first-order chi connectivity index (χ1) is 13.1. The Morgan fingerprint density at radius 2 is 2.22 bits per heavy atom. The van der Waals surface area contributed by atoms with Crippen LogP contribution in [0, 0.1) is 6.92 Å². The monoisotopic (exact) mass is 378 g/mol. The Kier molecular flexibility index (Phi) is 3.65. The number of nitrogens with one attached hydrogen (secondary N) is 2. The van der Waals surface area contributed by atoms with E-state index in [4.69, 9.17) is 0 Å². The highest BCUT2D eigenvalue weighted by Gasteiger charge is 2.36. The van der Waals surface area contributed by atoms with Crippen LogP contribution in [0.15, 0.2) is 36.4 Å². The number of para-hydroxylation sites is 1. The maximum Gasteiger partial charge on any atom is 0.257 e. The average molecular weight is 378 g/mol. The van der Waals surface area contributed by atoms with Crippen molar-refractivity contribution < 1.29 is 9.59 Å². The minimum Gasteiger partial charge on any atom is -0.358 e. The number of hydrogen-bond donors (Lipinski definition) is 2. The van der Waals surface area contributed by atoms with Crippen molar-refractivity contribution in [2.75, 3.05) is 22.1 Å². The van der Waals surface area contributed by atoms with Gasteiger partial charge in [-0.05, 0) is 49.6 Å². The molecular weight excluding hydrogens is 360 g/mol. The van der Waals surface area contributed by atoms with Crippen LogP contribution >= 0.6 is 11.3 Å². The molecule has 0 bridgehead atoms. The number of fused-ring (bicyclic) bond motifs is 4. The van der Waals surface area contributed by atoms with Crippen molar-refractivity contribution in [3.8, 4) is 0 Å². The zero-order valence-electron chi connectivity index (χ0n) is 14.8. The fourth-order valence-corrected chi connectivity index (χ4v) is 4.82. The summed E-state index contributed by atoms with van der Waals surface area (Å²) in [7, 11) is 0. The fraction of sp³-hybridized carbons (Fsp3) is 0.250. The minimum atomic E-state index is -0.229. The quantitative estimate of drug-likeness (QED) is 0.712. The molecule has 5 rings (SSSR count). The van der Waals surface area contributed by atoms with Crippen LogP contribution in [0.2, 0.25) is 0 Å². The SMILES string of the molecule is Cc1cccc2sc(NC(=O)c3ccc4c(c3)NC(=O)[C@H]3CCCN43)nc12. The van der Waals surface area contributed by atoms with Crippen molar-refractivity contribution in [1.29, 1.82) is 0 Å². The van der Waals surface area contributed by atoms with Crippen LogP contribution < -0.4 is 15.5 Å². The average Bonchev–Trinajstić information content (AvgIpc) is 3.29. The molecule has 7 heteroatoms. The smallest absolute Gasteiger partial charge is 0.257 e. The summed E-state index contributed by atoms with van der Waals surface area (Å²) in [5.74, 6) is -0.216. The van der Waals surface area contributed by atoms with E-state index in [9.17, 15) is 9.59 Å². The molecule has 27 heavy (non-hydrogen) atoms. The summed E-state index contributed by atoms with van der Waals surface area (Å²) >= 11 is 1.46. The first-order valence-corrected chi connectivity index (χ1v) is 9.81. The van der Waals surface area contributed by atoms with E-state index in [0.717, 1.165) is 40.9 Å². The molecule has 6 nitrogen and oxygen atoms in total. The van der Waals surface area contributed by atoms with Gasteiger partial charge in [0.1, 0.15) is 6.04 Å². The van der Waals surface area contributed by atoms with Gasteiger partial charge in [0, 0.05) is 12.1 Å². The van der Waals surface area contributed by atoms with Crippen molar-refractivity contribution in [1.82, 2.24) is 4.98 Å². The van der Waals surface area contributed by atoms with Gasteiger partial charge >= 0.3 is 0 Å². The molecular formula is C20H18N4O2S. The maximum atomic E-state index is 12.7.